The molecule has 1 aliphatic heterocycles. The van der Waals surface area contributed by atoms with Crippen molar-refractivity contribution >= 4 is 0 Å². The molecule has 0 saturated heterocycles. The number of rotatable bonds is 2. The van der Waals surface area contributed by atoms with Crippen LogP contribution in [-0.4, -0.2) is 30.5 Å². The summed E-state index contributed by atoms with van der Waals surface area (Å²) < 4.78 is 11.1. The predicted octanol–water partition coefficient (Wildman–Crippen LogP) is 0.454. The molecule has 3 N–H and O–H groups in total. The molecule has 0 aliphatic carbocycles. The van der Waals surface area contributed by atoms with Gasteiger partial charge in [-0.25, -0.2) is 0 Å². The highest BCUT2D eigenvalue weighted by atomic mass is 16.6. The van der Waals surface area contributed by atoms with Crippen LogP contribution in [0.4, 0.5) is 0 Å². The van der Waals surface area contributed by atoms with Crippen molar-refractivity contribution in [3.63, 3.8) is 0 Å². The minimum absolute atomic E-state index is 0.176. The van der Waals surface area contributed by atoms with Gasteiger partial charge < -0.3 is 20.3 Å². The Morgan fingerprint density at radius 3 is 3.07 bits per heavy atom. The molecular weight excluding hydrogens is 194 g/mol. The summed E-state index contributed by atoms with van der Waals surface area (Å²) >= 11 is 0. The second-order valence-corrected chi connectivity index (χ2v) is 3.72. The van der Waals surface area contributed by atoms with Crippen LogP contribution in [0, 0.1) is 6.92 Å². The molecule has 4 heteroatoms. The number of hydrogen-bond donors (Lipinski definition) is 2. The molecule has 4 nitrogen and oxygen atoms in total. The summed E-state index contributed by atoms with van der Waals surface area (Å²) in [6.07, 6.45) is -1.05. The van der Waals surface area contributed by atoms with Gasteiger partial charge in [-0.2, -0.15) is 0 Å². The molecule has 1 aromatic carbocycles. The van der Waals surface area contributed by atoms with E-state index in [9.17, 15) is 5.11 Å². The second-order valence-electron chi connectivity index (χ2n) is 3.72. The number of aryl methyl sites for hydroxylation is 1. The summed E-state index contributed by atoms with van der Waals surface area (Å²) in [5.41, 5.74) is 6.48. The number of aliphatic hydroxyl groups excluding tert-OH is 1. The molecule has 0 amide bonds. The Hall–Kier alpha value is -1.26. The van der Waals surface area contributed by atoms with E-state index in [1.807, 2.05) is 25.1 Å². The standard InChI is InChI=1S/C11H15NO3/c1-7-2-3-9-10(4-7)14-6-11(15-9)8(13)5-12/h2-4,8,11,13H,5-6,12H2,1H3. The van der Waals surface area contributed by atoms with Crippen molar-refractivity contribution in [1.82, 2.24) is 0 Å². The van der Waals surface area contributed by atoms with Crippen LogP contribution in [0.5, 0.6) is 11.5 Å². The monoisotopic (exact) mass is 209 g/mol. The third-order valence-electron chi connectivity index (χ3n) is 2.45. The van der Waals surface area contributed by atoms with Gasteiger partial charge in [-0.05, 0) is 24.6 Å². The summed E-state index contributed by atoms with van der Waals surface area (Å²) in [6.45, 7) is 2.51. The molecule has 1 heterocycles. The summed E-state index contributed by atoms with van der Waals surface area (Å²) in [7, 11) is 0. The smallest absolute Gasteiger partial charge is 0.161 e. The van der Waals surface area contributed by atoms with Gasteiger partial charge in [0.15, 0.2) is 17.6 Å². The first-order valence-electron chi connectivity index (χ1n) is 4.99. The Balaban J connectivity index is 2.16. The van der Waals surface area contributed by atoms with Crippen LogP contribution in [0.1, 0.15) is 5.56 Å². The Morgan fingerprint density at radius 1 is 1.53 bits per heavy atom. The Morgan fingerprint density at radius 2 is 2.33 bits per heavy atom. The Bertz CT molecular complexity index is 354. The van der Waals surface area contributed by atoms with Gasteiger partial charge in [0.25, 0.3) is 0 Å². The topological polar surface area (TPSA) is 64.7 Å². The summed E-state index contributed by atoms with van der Waals surface area (Å²) in [5.74, 6) is 1.40. The summed E-state index contributed by atoms with van der Waals surface area (Å²) in [6, 6.07) is 5.71. The summed E-state index contributed by atoms with van der Waals surface area (Å²) in [4.78, 5) is 0. The molecule has 2 unspecified atom stereocenters. The third-order valence-corrected chi connectivity index (χ3v) is 2.45. The minimum Gasteiger partial charge on any atom is -0.486 e. The van der Waals surface area contributed by atoms with Crippen molar-refractivity contribution < 1.29 is 14.6 Å². The quantitative estimate of drug-likeness (QED) is 0.742. The zero-order valence-corrected chi connectivity index (χ0v) is 8.64. The van der Waals surface area contributed by atoms with Crippen LogP contribution in [-0.2, 0) is 0 Å². The van der Waals surface area contributed by atoms with E-state index in [0.29, 0.717) is 12.4 Å². The average molecular weight is 209 g/mol. The fourth-order valence-corrected chi connectivity index (χ4v) is 1.54. The molecule has 0 radical (unpaired) electrons. The van der Waals surface area contributed by atoms with Crippen LogP contribution >= 0.6 is 0 Å². The zero-order valence-electron chi connectivity index (χ0n) is 8.64. The first-order valence-corrected chi connectivity index (χ1v) is 4.99. The highest BCUT2D eigenvalue weighted by Gasteiger charge is 2.26. The first kappa shape index (κ1) is 10.3. The van der Waals surface area contributed by atoms with E-state index < -0.39 is 6.10 Å². The SMILES string of the molecule is Cc1ccc2c(c1)OCC(C(O)CN)O2. The highest BCUT2D eigenvalue weighted by molar-refractivity contribution is 5.43. The van der Waals surface area contributed by atoms with Gasteiger partial charge in [-0.15, -0.1) is 0 Å². The predicted molar refractivity (Wildman–Crippen MR) is 56.2 cm³/mol. The maximum absolute atomic E-state index is 9.53. The molecule has 2 atom stereocenters. The van der Waals surface area contributed by atoms with Gasteiger partial charge in [0.05, 0.1) is 0 Å². The second kappa shape index (κ2) is 4.08. The lowest BCUT2D eigenvalue weighted by molar-refractivity contribution is -0.00534. The van der Waals surface area contributed by atoms with Crippen LogP contribution < -0.4 is 15.2 Å². The minimum atomic E-state index is -0.681. The fourth-order valence-electron chi connectivity index (χ4n) is 1.54. The van der Waals surface area contributed by atoms with Gasteiger partial charge in [-0.1, -0.05) is 6.07 Å². The summed E-state index contributed by atoms with van der Waals surface area (Å²) in [5, 5.41) is 9.53. The van der Waals surface area contributed by atoms with Crippen molar-refractivity contribution in [2.24, 2.45) is 5.73 Å². The van der Waals surface area contributed by atoms with Gasteiger partial charge in [0.2, 0.25) is 0 Å². The lowest BCUT2D eigenvalue weighted by atomic mass is 10.1. The molecule has 1 aliphatic rings. The number of ether oxygens (including phenoxy) is 2. The molecule has 0 spiro atoms. The fraction of sp³-hybridized carbons (Fsp3) is 0.455. The molecule has 0 saturated carbocycles. The maximum atomic E-state index is 9.53. The average Bonchev–Trinajstić information content (AvgIpc) is 2.27. The van der Waals surface area contributed by atoms with E-state index in [2.05, 4.69) is 0 Å². The number of fused-ring (bicyclic) bond motifs is 1. The molecule has 1 aromatic rings. The zero-order chi connectivity index (χ0) is 10.8. The molecular formula is C11H15NO3. The van der Waals surface area contributed by atoms with Crippen LogP contribution in [0.2, 0.25) is 0 Å². The van der Waals surface area contributed by atoms with Crippen LogP contribution in [0.3, 0.4) is 0 Å². The molecule has 0 aromatic heterocycles. The van der Waals surface area contributed by atoms with Crippen molar-refractivity contribution in [2.45, 2.75) is 19.1 Å². The lowest BCUT2D eigenvalue weighted by Gasteiger charge is -2.29. The Kier molecular flexibility index (Phi) is 2.79. The van der Waals surface area contributed by atoms with Gasteiger partial charge in [-0.3, -0.25) is 0 Å². The molecule has 2 rings (SSSR count). The number of nitrogens with two attached hydrogens (primary N) is 1. The lowest BCUT2D eigenvalue weighted by Crippen LogP contribution is -2.43. The van der Waals surface area contributed by atoms with Crippen molar-refractivity contribution in [2.75, 3.05) is 13.2 Å². The van der Waals surface area contributed by atoms with E-state index in [0.717, 1.165) is 11.3 Å². The number of benzene rings is 1. The van der Waals surface area contributed by atoms with E-state index in [4.69, 9.17) is 15.2 Å². The number of hydrogen-bond acceptors (Lipinski definition) is 4. The Labute approximate surface area is 88.6 Å². The van der Waals surface area contributed by atoms with Crippen LogP contribution in [0.15, 0.2) is 18.2 Å². The highest BCUT2D eigenvalue weighted by Crippen LogP contribution is 2.32. The van der Waals surface area contributed by atoms with E-state index in [-0.39, 0.29) is 12.6 Å². The molecule has 0 fully saturated rings. The largest absolute Gasteiger partial charge is 0.486 e. The molecule has 15 heavy (non-hydrogen) atoms. The maximum Gasteiger partial charge on any atom is 0.161 e. The number of aliphatic hydroxyl groups is 1. The molecule has 82 valence electrons. The third kappa shape index (κ3) is 2.06. The van der Waals surface area contributed by atoms with Crippen LogP contribution in [0.25, 0.3) is 0 Å². The van der Waals surface area contributed by atoms with E-state index >= 15 is 0 Å². The van der Waals surface area contributed by atoms with E-state index in [1.165, 1.54) is 0 Å². The first-order chi connectivity index (χ1) is 7.20. The van der Waals surface area contributed by atoms with Gasteiger partial charge in [0, 0.05) is 6.54 Å². The molecule has 0 bridgehead atoms. The van der Waals surface area contributed by atoms with Crippen molar-refractivity contribution in [3.8, 4) is 11.5 Å². The van der Waals surface area contributed by atoms with Crippen molar-refractivity contribution in [1.29, 1.82) is 0 Å². The van der Waals surface area contributed by atoms with Gasteiger partial charge in [0.1, 0.15) is 12.7 Å². The van der Waals surface area contributed by atoms with Gasteiger partial charge >= 0.3 is 0 Å². The van der Waals surface area contributed by atoms with Crippen molar-refractivity contribution in [3.05, 3.63) is 23.8 Å². The normalized spacial score (nSPS) is 21.1. The van der Waals surface area contributed by atoms with E-state index in [1.54, 1.807) is 0 Å².